The molecule has 0 atom stereocenters. The van der Waals surface area contributed by atoms with Crippen LogP contribution in [0.3, 0.4) is 0 Å². The number of aryl methyl sites for hydroxylation is 1. The first kappa shape index (κ1) is 23.7. The maximum Gasteiger partial charge on any atom is 0.277 e. The first-order chi connectivity index (χ1) is 14.3. The Morgan fingerprint density at radius 1 is 1.32 bits per heavy atom. The van der Waals surface area contributed by atoms with Crippen molar-refractivity contribution in [2.45, 2.75) is 10.8 Å². The monoisotopic (exact) mass is 496 g/mol. The lowest BCUT2D eigenvalue weighted by Gasteiger charge is -2.38. The zero-order chi connectivity index (χ0) is 23.1. The molecule has 8 radical (unpaired) electrons. The van der Waals surface area contributed by atoms with Gasteiger partial charge in [-0.25, -0.2) is 14.9 Å². The van der Waals surface area contributed by atoms with E-state index in [0.29, 0.717) is 15.7 Å². The summed E-state index contributed by atoms with van der Waals surface area (Å²) in [5.74, 6) is -1.79. The molecule has 3 aromatic rings. The van der Waals surface area contributed by atoms with Gasteiger partial charge in [0.25, 0.3) is 5.91 Å². The van der Waals surface area contributed by atoms with Gasteiger partial charge in [-0.05, 0) is 24.3 Å². The molecule has 1 heterocycles. The van der Waals surface area contributed by atoms with E-state index in [2.05, 4.69) is 26.2 Å². The maximum absolute atomic E-state index is 15.3. The van der Waals surface area contributed by atoms with Crippen molar-refractivity contribution < 1.29 is 19.1 Å². The number of carbonyl (C=O) groups is 1. The summed E-state index contributed by atoms with van der Waals surface area (Å²) in [5, 5.41) is 7.36. The maximum atomic E-state index is 15.3. The molecule has 0 spiro atoms. The number of nitrogens with one attached hydrogen (secondary N) is 2. The summed E-state index contributed by atoms with van der Waals surface area (Å²) < 4.78 is 17.5. The summed E-state index contributed by atoms with van der Waals surface area (Å²) >= 11 is 9.49. The van der Waals surface area contributed by atoms with Gasteiger partial charge in [-0.3, -0.25) is 9.63 Å². The number of fused-ring (bicyclic) bond motifs is 1. The number of imidazole rings is 1. The smallest absolute Gasteiger partial charge is 0.277 e. The molecule has 0 aliphatic rings. The van der Waals surface area contributed by atoms with Gasteiger partial charge >= 0.3 is 0 Å². The minimum atomic E-state index is -2.69. The number of hydroxylamine groups is 1. The molecule has 3 rings (SSSR count). The van der Waals surface area contributed by atoms with Crippen molar-refractivity contribution in [1.29, 1.82) is 0 Å². The summed E-state index contributed by atoms with van der Waals surface area (Å²) in [5.41, 5.74) is 2.11. The van der Waals surface area contributed by atoms with E-state index in [0.717, 1.165) is 0 Å². The summed E-state index contributed by atoms with van der Waals surface area (Å²) in [6, 6.07) is 6.21. The van der Waals surface area contributed by atoms with Gasteiger partial charge in [0.05, 0.1) is 33.8 Å². The van der Waals surface area contributed by atoms with Gasteiger partial charge in [-0.1, -0.05) is 27.5 Å². The number of carbonyl (C=O) groups excluding carboxylic acids is 1. The van der Waals surface area contributed by atoms with E-state index in [9.17, 15) is 9.90 Å². The highest BCUT2D eigenvalue weighted by Gasteiger charge is 2.35. The average Bonchev–Trinajstić information content (AvgIpc) is 3.04. The van der Waals surface area contributed by atoms with Crippen molar-refractivity contribution in [3.05, 3.63) is 51.5 Å². The van der Waals surface area contributed by atoms with Crippen LogP contribution in [0.4, 0.5) is 15.8 Å². The lowest BCUT2D eigenvalue weighted by molar-refractivity contribution is -0.0488. The van der Waals surface area contributed by atoms with Crippen molar-refractivity contribution in [3.63, 3.8) is 0 Å². The predicted molar refractivity (Wildman–Crippen MR) is 122 cm³/mol. The van der Waals surface area contributed by atoms with E-state index in [1.807, 2.05) is 5.48 Å². The van der Waals surface area contributed by atoms with E-state index in [-0.39, 0.29) is 21.8 Å². The van der Waals surface area contributed by atoms with E-state index in [4.69, 9.17) is 47.8 Å². The van der Waals surface area contributed by atoms with Crippen LogP contribution in [0.15, 0.2) is 35.1 Å². The molecule has 0 aliphatic carbocycles. The Morgan fingerprint density at radius 2 is 2.00 bits per heavy atom. The van der Waals surface area contributed by atoms with Gasteiger partial charge in [0, 0.05) is 22.3 Å². The number of aromatic nitrogens is 2. The fourth-order valence-electron chi connectivity index (χ4n) is 2.52. The second-order valence-corrected chi connectivity index (χ2v) is 8.06. The third kappa shape index (κ3) is 4.79. The lowest BCUT2D eigenvalue weighted by atomic mass is 9.42. The molecular formula is C17H11B4BrClFN4O3. The molecule has 1 amide bonds. The summed E-state index contributed by atoms with van der Waals surface area (Å²) in [4.78, 5) is 21.6. The van der Waals surface area contributed by atoms with Crippen LogP contribution in [0.25, 0.3) is 11.0 Å². The van der Waals surface area contributed by atoms with E-state index >= 15 is 4.39 Å². The summed E-state index contributed by atoms with van der Waals surface area (Å²) in [7, 11) is 23.0. The molecule has 2 aromatic carbocycles. The van der Waals surface area contributed by atoms with Gasteiger partial charge in [-0.15, -0.1) is 0 Å². The van der Waals surface area contributed by atoms with Crippen LogP contribution in [0, 0.1) is 5.82 Å². The van der Waals surface area contributed by atoms with Gasteiger partial charge < -0.3 is 15.0 Å². The Hall–Kier alpha value is -1.94. The summed E-state index contributed by atoms with van der Waals surface area (Å²) in [6.07, 6.45) is 1.38. The molecule has 0 aliphatic heterocycles. The number of benzene rings is 2. The molecule has 0 saturated heterocycles. The van der Waals surface area contributed by atoms with Crippen LogP contribution in [0.5, 0.6) is 0 Å². The van der Waals surface area contributed by atoms with Crippen molar-refractivity contribution in [2.24, 2.45) is 7.05 Å². The third-order valence-corrected chi connectivity index (χ3v) is 5.14. The van der Waals surface area contributed by atoms with Crippen LogP contribution in [-0.4, -0.2) is 62.7 Å². The second-order valence-electron chi connectivity index (χ2n) is 6.74. The van der Waals surface area contributed by atoms with E-state index < -0.39 is 22.5 Å². The zero-order valence-electron chi connectivity index (χ0n) is 16.0. The Morgan fingerprint density at radius 3 is 2.61 bits per heavy atom. The largest absolute Gasteiger partial charge is 0.408 e. The molecule has 0 bridgehead atoms. The first-order valence-electron chi connectivity index (χ1n) is 8.53. The van der Waals surface area contributed by atoms with Crippen molar-refractivity contribution >= 4 is 87.2 Å². The third-order valence-electron chi connectivity index (χ3n) is 4.33. The average molecular weight is 497 g/mol. The minimum Gasteiger partial charge on any atom is -0.408 e. The number of nitrogens with zero attached hydrogens (tertiary/aromatic N) is 2. The Balaban J connectivity index is 2.05. The molecule has 0 fully saturated rings. The van der Waals surface area contributed by atoms with Crippen molar-refractivity contribution in [2.75, 3.05) is 5.32 Å². The number of anilines is 2. The molecule has 150 valence electrons. The normalized spacial score (nSPS) is 12.2. The van der Waals surface area contributed by atoms with E-state index in [1.54, 1.807) is 25.2 Å². The van der Waals surface area contributed by atoms with E-state index in [1.165, 1.54) is 17.0 Å². The quantitative estimate of drug-likeness (QED) is 0.356. The molecule has 14 heteroatoms. The molecule has 31 heavy (non-hydrogen) atoms. The van der Waals surface area contributed by atoms with Gasteiger partial charge in [0.15, 0.2) is 5.82 Å². The number of aliphatic hydroxyl groups is 1. The highest BCUT2D eigenvalue weighted by molar-refractivity contribution is 9.10. The van der Waals surface area contributed by atoms with Crippen LogP contribution >= 0.6 is 27.5 Å². The molecule has 0 saturated carbocycles. The standard InChI is InChI=1S/C17H11B4BrClFN4O3/c1-28-6-25-14-11(28)5-8(15(29)27-31-17(20,21)16(18,19)30)13(12(14)24)26-10-3-2-7(22)4-9(10)23/h2-6,26,30H,1H3,(H,27,29). The fourth-order valence-corrected chi connectivity index (χ4v) is 3.24. The van der Waals surface area contributed by atoms with Crippen molar-refractivity contribution in [1.82, 2.24) is 15.0 Å². The number of halogens is 3. The number of hydrogen-bond acceptors (Lipinski definition) is 5. The predicted octanol–water partition coefficient (Wildman–Crippen LogP) is 1.51. The van der Waals surface area contributed by atoms with Crippen LogP contribution in [0.2, 0.25) is 5.02 Å². The zero-order valence-corrected chi connectivity index (χ0v) is 18.3. The van der Waals surface area contributed by atoms with Crippen LogP contribution in [-0.2, 0) is 11.9 Å². The first-order valence-corrected chi connectivity index (χ1v) is 9.70. The molecule has 1 aromatic heterocycles. The minimum absolute atomic E-state index is 0.0148. The Bertz CT molecular complexity index is 1170. The number of rotatable bonds is 6. The Labute approximate surface area is 195 Å². The second kappa shape index (κ2) is 8.54. The Kier molecular flexibility index (Phi) is 6.53. The fraction of sp³-hybridized carbons (Fsp3) is 0.176. The molecule has 0 unspecified atom stereocenters. The van der Waals surface area contributed by atoms with Gasteiger partial charge in [0.1, 0.15) is 36.9 Å². The van der Waals surface area contributed by atoms with Crippen LogP contribution in [0.1, 0.15) is 10.4 Å². The number of amides is 1. The lowest BCUT2D eigenvalue weighted by Crippen LogP contribution is -2.60. The molecule has 3 N–H and O–H groups in total. The summed E-state index contributed by atoms with van der Waals surface area (Å²) in [6.45, 7) is 0. The molecular weight excluding hydrogens is 486 g/mol. The highest BCUT2D eigenvalue weighted by Crippen LogP contribution is 2.34. The van der Waals surface area contributed by atoms with Crippen molar-refractivity contribution in [3.8, 4) is 0 Å². The highest BCUT2D eigenvalue weighted by atomic mass is 79.9. The SMILES string of the molecule is [B]C([B])(O)C([B])([B])ONC(=O)c1cc2c(ncn2C)c(F)c1Nc1ccc(Br)cc1Cl. The van der Waals surface area contributed by atoms with Crippen LogP contribution < -0.4 is 10.8 Å². The van der Waals surface area contributed by atoms with Gasteiger partial charge in [-0.2, -0.15) is 0 Å². The topological polar surface area (TPSA) is 88.4 Å². The molecule has 7 nitrogen and oxygen atoms in total. The van der Waals surface area contributed by atoms with Gasteiger partial charge in [0.2, 0.25) is 0 Å². The number of hydrogen-bond donors (Lipinski definition) is 3.